The first-order valence-electron chi connectivity index (χ1n) is 5.17. The second-order valence-electron chi connectivity index (χ2n) is 3.93. The molecule has 16 heavy (non-hydrogen) atoms. The van der Waals surface area contributed by atoms with Gasteiger partial charge in [-0.15, -0.1) is 0 Å². The number of hydrogen-bond acceptors (Lipinski definition) is 3. The molecular formula is C8H17BF3KN2O. The molecule has 0 unspecified atom stereocenters. The molecule has 1 saturated heterocycles. The summed E-state index contributed by atoms with van der Waals surface area (Å²) in [6, 6.07) is 0. The van der Waals surface area contributed by atoms with Gasteiger partial charge in [0.25, 0.3) is 0 Å². The Kier molecular flexibility index (Phi) is 9.20. The number of likely N-dealkylation sites (N-methyl/N-ethyl adjacent to an activating group) is 1. The van der Waals surface area contributed by atoms with E-state index in [1.807, 2.05) is 7.05 Å². The molecule has 1 heterocycles. The second kappa shape index (κ2) is 8.47. The molecule has 1 aliphatic rings. The van der Waals surface area contributed by atoms with Gasteiger partial charge in [0.05, 0.1) is 6.61 Å². The van der Waals surface area contributed by atoms with Crippen molar-refractivity contribution in [2.24, 2.45) is 0 Å². The van der Waals surface area contributed by atoms with E-state index in [0.29, 0.717) is 6.54 Å². The van der Waals surface area contributed by atoms with Gasteiger partial charge in [-0.2, -0.15) is 0 Å². The van der Waals surface area contributed by atoms with E-state index < -0.39 is 13.5 Å². The van der Waals surface area contributed by atoms with Crippen molar-refractivity contribution in [2.45, 2.75) is 0 Å². The van der Waals surface area contributed by atoms with Crippen molar-refractivity contribution < 1.29 is 69.1 Å². The maximum absolute atomic E-state index is 11.8. The first-order valence-corrected chi connectivity index (χ1v) is 5.17. The molecular weight excluding hydrogens is 247 g/mol. The molecule has 0 spiro atoms. The van der Waals surface area contributed by atoms with Gasteiger partial charge in [-0.25, -0.2) is 0 Å². The van der Waals surface area contributed by atoms with Crippen LogP contribution in [0, 0.1) is 0 Å². The van der Waals surface area contributed by atoms with Crippen molar-refractivity contribution in [3.05, 3.63) is 0 Å². The van der Waals surface area contributed by atoms with Crippen molar-refractivity contribution in [3.63, 3.8) is 0 Å². The number of hydrogen-bond donors (Lipinski definition) is 0. The SMILES string of the molecule is CN1CCN(CCOC[B-](F)(F)F)CC1.[K+]. The summed E-state index contributed by atoms with van der Waals surface area (Å²) >= 11 is 0. The van der Waals surface area contributed by atoms with Crippen molar-refractivity contribution >= 4 is 6.98 Å². The Morgan fingerprint density at radius 1 is 1.12 bits per heavy atom. The minimum Gasteiger partial charge on any atom is -0.447 e. The van der Waals surface area contributed by atoms with Crippen LogP contribution in [-0.2, 0) is 4.74 Å². The molecule has 0 N–H and O–H groups in total. The summed E-state index contributed by atoms with van der Waals surface area (Å²) < 4.78 is 39.9. The van der Waals surface area contributed by atoms with Crippen LogP contribution in [0.1, 0.15) is 0 Å². The van der Waals surface area contributed by atoms with Crippen molar-refractivity contribution in [1.29, 1.82) is 0 Å². The molecule has 8 heteroatoms. The number of nitrogens with zero attached hydrogens (tertiary/aromatic N) is 2. The van der Waals surface area contributed by atoms with Crippen molar-refractivity contribution in [3.8, 4) is 0 Å². The summed E-state index contributed by atoms with van der Waals surface area (Å²) in [4.78, 5) is 4.33. The fourth-order valence-corrected chi connectivity index (χ4v) is 1.48. The average molecular weight is 264 g/mol. The summed E-state index contributed by atoms with van der Waals surface area (Å²) in [5.41, 5.74) is 0. The maximum atomic E-state index is 11.8. The van der Waals surface area contributed by atoms with Gasteiger partial charge in [0, 0.05) is 39.2 Å². The Morgan fingerprint density at radius 2 is 1.69 bits per heavy atom. The van der Waals surface area contributed by atoms with Crippen LogP contribution in [0.25, 0.3) is 0 Å². The summed E-state index contributed by atoms with van der Waals surface area (Å²) in [7, 11) is 2.04. The quantitative estimate of drug-likeness (QED) is 0.408. The molecule has 0 aromatic carbocycles. The smallest absolute Gasteiger partial charge is 0.447 e. The molecule has 1 fully saturated rings. The first-order chi connectivity index (χ1) is 6.97. The van der Waals surface area contributed by atoms with E-state index in [4.69, 9.17) is 0 Å². The van der Waals surface area contributed by atoms with Crippen LogP contribution < -0.4 is 51.4 Å². The Hall–Kier alpha value is 1.37. The number of halogens is 3. The molecule has 0 aromatic heterocycles. The van der Waals surface area contributed by atoms with Crippen LogP contribution in [-0.4, -0.2) is 69.7 Å². The molecule has 0 radical (unpaired) electrons. The predicted molar refractivity (Wildman–Crippen MR) is 53.8 cm³/mol. The molecule has 1 aliphatic heterocycles. The van der Waals surface area contributed by atoms with Crippen LogP contribution in [0.5, 0.6) is 0 Å². The van der Waals surface area contributed by atoms with E-state index >= 15 is 0 Å². The number of piperazine rings is 1. The third-order valence-electron chi connectivity index (χ3n) is 2.45. The zero-order valence-electron chi connectivity index (χ0n) is 9.96. The maximum Gasteiger partial charge on any atom is 1.00 e. The van der Waals surface area contributed by atoms with E-state index in [-0.39, 0.29) is 58.0 Å². The Balaban J connectivity index is 0.00000225. The molecule has 0 amide bonds. The summed E-state index contributed by atoms with van der Waals surface area (Å²) in [5.74, 6) is 0. The van der Waals surface area contributed by atoms with E-state index in [2.05, 4.69) is 14.5 Å². The van der Waals surface area contributed by atoms with E-state index in [0.717, 1.165) is 26.2 Å². The monoisotopic (exact) mass is 264 g/mol. The third kappa shape index (κ3) is 8.46. The Morgan fingerprint density at radius 3 is 2.19 bits per heavy atom. The van der Waals surface area contributed by atoms with Gasteiger partial charge in [-0.1, -0.05) is 0 Å². The number of rotatable bonds is 5. The molecule has 0 saturated carbocycles. The van der Waals surface area contributed by atoms with Crippen LogP contribution >= 0.6 is 0 Å². The van der Waals surface area contributed by atoms with Crippen LogP contribution in [0.15, 0.2) is 0 Å². The number of ether oxygens (including phenoxy) is 1. The second-order valence-corrected chi connectivity index (χ2v) is 3.93. The van der Waals surface area contributed by atoms with Gasteiger partial charge in [-0.05, 0) is 7.05 Å². The largest absolute Gasteiger partial charge is 1.00 e. The summed E-state index contributed by atoms with van der Waals surface area (Å²) in [6.45, 7) is -1.32. The molecule has 0 aromatic rings. The normalized spacial score (nSPS) is 19.5. The third-order valence-corrected chi connectivity index (χ3v) is 2.45. The Labute approximate surface area is 137 Å². The summed E-state index contributed by atoms with van der Waals surface area (Å²) in [6.07, 6.45) is 0. The molecule has 0 aliphatic carbocycles. The molecule has 1 rings (SSSR count). The van der Waals surface area contributed by atoms with Crippen LogP contribution in [0.2, 0.25) is 0 Å². The van der Waals surface area contributed by atoms with E-state index in [9.17, 15) is 12.9 Å². The van der Waals surface area contributed by atoms with E-state index in [1.54, 1.807) is 0 Å². The fourth-order valence-electron chi connectivity index (χ4n) is 1.48. The standard InChI is InChI=1S/C8H17BF3N2O.K/c1-13-2-4-14(5-3-13)6-7-15-8-9(10,11)12;/h2-8H2,1H3;/q-1;+1. The van der Waals surface area contributed by atoms with Gasteiger partial charge in [0.15, 0.2) is 0 Å². The van der Waals surface area contributed by atoms with Crippen molar-refractivity contribution in [2.75, 3.05) is 52.9 Å². The average Bonchev–Trinajstić information content (AvgIpc) is 2.14. The predicted octanol–water partition coefficient (Wildman–Crippen LogP) is -2.36. The van der Waals surface area contributed by atoms with Crippen LogP contribution in [0.4, 0.5) is 12.9 Å². The molecule has 3 nitrogen and oxygen atoms in total. The van der Waals surface area contributed by atoms with Gasteiger partial charge in [0.2, 0.25) is 0 Å². The van der Waals surface area contributed by atoms with Gasteiger partial charge < -0.3 is 22.6 Å². The summed E-state index contributed by atoms with van der Waals surface area (Å²) in [5, 5.41) is 0. The Bertz CT molecular complexity index is 189. The first kappa shape index (κ1) is 17.4. The molecule has 90 valence electrons. The fraction of sp³-hybridized carbons (Fsp3) is 1.00. The molecule has 0 bridgehead atoms. The van der Waals surface area contributed by atoms with E-state index in [1.165, 1.54) is 0 Å². The zero-order chi connectivity index (χ0) is 11.3. The topological polar surface area (TPSA) is 15.7 Å². The van der Waals surface area contributed by atoms with Gasteiger partial charge >= 0.3 is 58.4 Å². The van der Waals surface area contributed by atoms with Crippen molar-refractivity contribution in [1.82, 2.24) is 9.80 Å². The molecule has 0 atom stereocenters. The van der Waals surface area contributed by atoms with Crippen LogP contribution in [0.3, 0.4) is 0 Å². The minimum atomic E-state index is -4.79. The van der Waals surface area contributed by atoms with Gasteiger partial charge in [-0.3, -0.25) is 4.90 Å². The zero-order valence-corrected chi connectivity index (χ0v) is 13.1. The van der Waals surface area contributed by atoms with Gasteiger partial charge in [0.1, 0.15) is 0 Å². The minimum absolute atomic E-state index is 0.